The van der Waals surface area contributed by atoms with Crippen molar-refractivity contribution in [2.24, 2.45) is 5.73 Å². The maximum atomic E-state index is 11.2. The number of carbonyl (C=O) groups excluding carboxylic acids is 1. The second-order valence-electron chi connectivity index (χ2n) is 2.86. The van der Waals surface area contributed by atoms with Crippen LogP contribution in [0.15, 0.2) is 23.0 Å². The Morgan fingerprint density at radius 2 is 2.54 bits per heavy atom. The highest BCUT2D eigenvalue weighted by molar-refractivity contribution is 5.81. The molecule has 1 aromatic heterocycles. The van der Waals surface area contributed by atoms with Crippen LogP contribution < -0.4 is 11.1 Å². The summed E-state index contributed by atoms with van der Waals surface area (Å²) in [7, 11) is 0. The summed E-state index contributed by atoms with van der Waals surface area (Å²) in [6.07, 6.45) is 3.82. The topological polar surface area (TPSA) is 68.3 Å². The Morgan fingerprint density at radius 3 is 3.08 bits per heavy atom. The summed E-state index contributed by atoms with van der Waals surface area (Å²) in [5, 5.41) is 2.71. The summed E-state index contributed by atoms with van der Waals surface area (Å²) in [5.41, 5.74) is 6.46. The van der Waals surface area contributed by atoms with Gasteiger partial charge >= 0.3 is 0 Å². The van der Waals surface area contributed by atoms with Crippen molar-refractivity contribution in [3.63, 3.8) is 0 Å². The fraction of sp³-hybridized carbons (Fsp3) is 0.444. The normalized spacial score (nSPS) is 12.5. The van der Waals surface area contributed by atoms with E-state index in [2.05, 4.69) is 5.32 Å². The smallest absolute Gasteiger partial charge is 0.237 e. The van der Waals surface area contributed by atoms with Crippen LogP contribution in [-0.2, 0) is 11.3 Å². The predicted octanol–water partition coefficient (Wildman–Crippen LogP) is 0.633. The van der Waals surface area contributed by atoms with Crippen LogP contribution >= 0.6 is 0 Å². The van der Waals surface area contributed by atoms with Crippen LogP contribution in [0.1, 0.15) is 18.9 Å². The molecule has 0 radical (unpaired) electrons. The fourth-order valence-corrected chi connectivity index (χ4v) is 0.899. The maximum absolute atomic E-state index is 11.2. The van der Waals surface area contributed by atoms with Gasteiger partial charge in [0.2, 0.25) is 5.91 Å². The number of furan rings is 1. The zero-order chi connectivity index (χ0) is 9.68. The second-order valence-corrected chi connectivity index (χ2v) is 2.86. The van der Waals surface area contributed by atoms with E-state index in [0.29, 0.717) is 13.0 Å². The van der Waals surface area contributed by atoms with Crippen LogP contribution in [0, 0.1) is 0 Å². The Balaban J connectivity index is 2.31. The van der Waals surface area contributed by atoms with Crippen LogP contribution in [0.4, 0.5) is 0 Å². The molecule has 4 nitrogen and oxygen atoms in total. The van der Waals surface area contributed by atoms with Gasteiger partial charge in [-0.3, -0.25) is 4.79 Å². The molecule has 0 saturated heterocycles. The van der Waals surface area contributed by atoms with E-state index in [1.165, 1.54) is 0 Å². The maximum Gasteiger partial charge on any atom is 0.237 e. The predicted molar refractivity (Wildman–Crippen MR) is 48.8 cm³/mol. The minimum atomic E-state index is -0.410. The molecule has 1 heterocycles. The van der Waals surface area contributed by atoms with E-state index in [1.54, 1.807) is 18.6 Å². The van der Waals surface area contributed by atoms with E-state index in [-0.39, 0.29) is 5.91 Å². The third-order valence-electron chi connectivity index (χ3n) is 1.82. The lowest BCUT2D eigenvalue weighted by molar-refractivity contribution is -0.122. The van der Waals surface area contributed by atoms with Gasteiger partial charge < -0.3 is 15.5 Å². The minimum absolute atomic E-state index is 0.122. The third-order valence-corrected chi connectivity index (χ3v) is 1.82. The van der Waals surface area contributed by atoms with Gasteiger partial charge in [0.25, 0.3) is 0 Å². The molecule has 72 valence electrons. The number of rotatable bonds is 4. The molecule has 1 amide bonds. The molecule has 0 bridgehead atoms. The van der Waals surface area contributed by atoms with Gasteiger partial charge in [0.1, 0.15) is 0 Å². The van der Waals surface area contributed by atoms with Gasteiger partial charge in [-0.2, -0.15) is 0 Å². The van der Waals surface area contributed by atoms with E-state index < -0.39 is 6.04 Å². The van der Waals surface area contributed by atoms with E-state index in [0.717, 1.165) is 5.56 Å². The number of amides is 1. The molecule has 3 N–H and O–H groups in total. The van der Waals surface area contributed by atoms with E-state index in [9.17, 15) is 4.79 Å². The first kappa shape index (κ1) is 9.80. The van der Waals surface area contributed by atoms with Gasteiger partial charge in [-0.15, -0.1) is 0 Å². The third kappa shape index (κ3) is 2.91. The molecule has 4 heteroatoms. The first-order valence-corrected chi connectivity index (χ1v) is 4.28. The Bertz CT molecular complexity index is 257. The van der Waals surface area contributed by atoms with Gasteiger partial charge in [0.05, 0.1) is 18.6 Å². The van der Waals surface area contributed by atoms with Crippen LogP contribution in [0.2, 0.25) is 0 Å². The van der Waals surface area contributed by atoms with Gasteiger partial charge in [-0.1, -0.05) is 6.92 Å². The van der Waals surface area contributed by atoms with E-state index >= 15 is 0 Å². The Morgan fingerprint density at radius 1 is 1.77 bits per heavy atom. The Labute approximate surface area is 77.1 Å². The van der Waals surface area contributed by atoms with Crippen molar-refractivity contribution in [1.82, 2.24) is 5.32 Å². The summed E-state index contributed by atoms with van der Waals surface area (Å²) >= 11 is 0. The first-order valence-electron chi connectivity index (χ1n) is 4.28. The van der Waals surface area contributed by atoms with Crippen molar-refractivity contribution >= 4 is 5.91 Å². The molecule has 1 atom stereocenters. The molecule has 0 spiro atoms. The second kappa shape index (κ2) is 4.67. The summed E-state index contributed by atoms with van der Waals surface area (Å²) in [5.74, 6) is -0.122. The molecule has 0 fully saturated rings. The average molecular weight is 182 g/mol. The molecule has 0 aromatic carbocycles. The zero-order valence-electron chi connectivity index (χ0n) is 7.62. The highest BCUT2D eigenvalue weighted by atomic mass is 16.3. The lowest BCUT2D eigenvalue weighted by atomic mass is 10.2. The van der Waals surface area contributed by atoms with Crippen molar-refractivity contribution in [2.45, 2.75) is 25.9 Å². The molecule has 1 aromatic rings. The minimum Gasteiger partial charge on any atom is -0.472 e. The van der Waals surface area contributed by atoms with Gasteiger partial charge in [0, 0.05) is 12.1 Å². The van der Waals surface area contributed by atoms with Crippen molar-refractivity contribution in [3.05, 3.63) is 24.2 Å². The Hall–Kier alpha value is -1.29. The number of hydrogen-bond acceptors (Lipinski definition) is 3. The van der Waals surface area contributed by atoms with Crippen LogP contribution in [0.25, 0.3) is 0 Å². The highest BCUT2D eigenvalue weighted by Crippen LogP contribution is 1.98. The van der Waals surface area contributed by atoms with Crippen molar-refractivity contribution in [1.29, 1.82) is 0 Å². The summed E-state index contributed by atoms with van der Waals surface area (Å²) in [4.78, 5) is 11.2. The largest absolute Gasteiger partial charge is 0.472 e. The summed E-state index contributed by atoms with van der Waals surface area (Å²) < 4.78 is 4.85. The lowest BCUT2D eigenvalue weighted by Gasteiger charge is -2.08. The molecule has 0 aliphatic carbocycles. The van der Waals surface area contributed by atoms with E-state index in [4.69, 9.17) is 10.2 Å². The van der Waals surface area contributed by atoms with Crippen molar-refractivity contribution in [2.75, 3.05) is 0 Å². The van der Waals surface area contributed by atoms with Gasteiger partial charge in [-0.25, -0.2) is 0 Å². The SMILES string of the molecule is CC[C@@H](N)C(=O)NCc1ccoc1. The number of carbonyl (C=O) groups is 1. The number of nitrogens with one attached hydrogen (secondary N) is 1. The van der Waals surface area contributed by atoms with Crippen LogP contribution in [0.3, 0.4) is 0 Å². The van der Waals surface area contributed by atoms with Gasteiger partial charge in [-0.05, 0) is 12.5 Å². The average Bonchev–Trinajstić information content (AvgIpc) is 2.65. The number of nitrogens with two attached hydrogens (primary N) is 1. The van der Waals surface area contributed by atoms with E-state index in [1.807, 2.05) is 6.92 Å². The quantitative estimate of drug-likeness (QED) is 0.717. The molecule has 0 aliphatic heterocycles. The van der Waals surface area contributed by atoms with Crippen molar-refractivity contribution < 1.29 is 9.21 Å². The van der Waals surface area contributed by atoms with Crippen molar-refractivity contribution in [3.8, 4) is 0 Å². The standard InChI is InChI=1S/C9H14N2O2/c1-2-8(10)9(12)11-5-7-3-4-13-6-7/h3-4,6,8H,2,5,10H2,1H3,(H,11,12)/t8-/m1/s1. The number of hydrogen-bond donors (Lipinski definition) is 2. The zero-order valence-corrected chi connectivity index (χ0v) is 7.62. The lowest BCUT2D eigenvalue weighted by Crippen LogP contribution is -2.39. The first-order chi connectivity index (χ1) is 6.24. The molecule has 13 heavy (non-hydrogen) atoms. The van der Waals surface area contributed by atoms with Gasteiger partial charge in [0.15, 0.2) is 0 Å². The summed E-state index contributed by atoms with van der Waals surface area (Å²) in [6, 6.07) is 1.39. The molecular formula is C9H14N2O2. The Kier molecular flexibility index (Phi) is 3.52. The fourth-order valence-electron chi connectivity index (χ4n) is 0.899. The molecule has 0 unspecified atom stereocenters. The monoisotopic (exact) mass is 182 g/mol. The summed E-state index contributed by atoms with van der Waals surface area (Å²) in [6.45, 7) is 2.35. The molecule has 0 saturated carbocycles. The molecule has 1 rings (SSSR count). The highest BCUT2D eigenvalue weighted by Gasteiger charge is 2.09. The molecule has 0 aliphatic rings. The van der Waals surface area contributed by atoms with Crippen LogP contribution in [0.5, 0.6) is 0 Å². The van der Waals surface area contributed by atoms with Crippen LogP contribution in [-0.4, -0.2) is 11.9 Å². The molecular weight excluding hydrogens is 168 g/mol.